The first-order chi connectivity index (χ1) is 20.3. The molecule has 0 aliphatic carbocycles. The van der Waals surface area contributed by atoms with Crippen LogP contribution in [0.1, 0.15) is 36.1 Å². The summed E-state index contributed by atoms with van der Waals surface area (Å²) in [6.45, 7) is 2.20. The lowest BCUT2D eigenvalue weighted by molar-refractivity contribution is -0.148. The lowest BCUT2D eigenvalue weighted by Gasteiger charge is -2.36. The molecule has 0 bridgehead atoms. The molecule has 1 saturated heterocycles. The molecule has 3 amide bonds. The number of amides is 3. The predicted octanol–water partition coefficient (Wildman–Crippen LogP) is 5.33. The zero-order valence-electron chi connectivity index (χ0n) is 23.7. The highest BCUT2D eigenvalue weighted by Crippen LogP contribution is 2.34. The van der Waals surface area contributed by atoms with Gasteiger partial charge in [0, 0.05) is 29.6 Å². The summed E-state index contributed by atoms with van der Waals surface area (Å²) in [7, 11) is 1.56. The summed E-state index contributed by atoms with van der Waals surface area (Å²) >= 11 is 6.38. The number of para-hydroxylation sites is 1. The second-order valence-electron chi connectivity index (χ2n) is 10.7. The van der Waals surface area contributed by atoms with Gasteiger partial charge in [0.05, 0.1) is 13.5 Å². The van der Waals surface area contributed by atoms with Crippen LogP contribution in [0.4, 0.5) is 0 Å². The highest BCUT2D eigenvalue weighted by Gasteiger charge is 2.43. The Hall–Kier alpha value is -4.36. The maximum atomic E-state index is 14.5. The minimum Gasteiger partial charge on any atom is -0.496 e. The molecule has 2 N–H and O–H groups in total. The molecular formula is C34H34ClN3O4. The standard InChI is InChI=1S/C34H34ClN3O4/c1-22-17-18-37(29(33(36)40)20-24-12-7-11-23-9-3-5-15-28(23)24)34(41)32(26-13-8-14-27(35)19-26)38(22)31(39)21-25-10-4-6-16-30(25)42-2/h3-16,19,22,29,32H,17-18,20-21H2,1-2H3,(H2,36,40)/t22-,29-,32+/m1/s1. The van der Waals surface area contributed by atoms with E-state index in [9.17, 15) is 14.4 Å². The second kappa shape index (κ2) is 12.7. The summed E-state index contributed by atoms with van der Waals surface area (Å²) in [5.41, 5.74) is 8.22. The number of halogens is 1. The summed E-state index contributed by atoms with van der Waals surface area (Å²) in [5, 5.41) is 2.49. The molecule has 1 fully saturated rings. The van der Waals surface area contributed by atoms with Gasteiger partial charge in [0.15, 0.2) is 0 Å². The Labute approximate surface area is 250 Å². The van der Waals surface area contributed by atoms with Gasteiger partial charge in [-0.3, -0.25) is 14.4 Å². The van der Waals surface area contributed by atoms with Crippen molar-refractivity contribution in [1.29, 1.82) is 0 Å². The molecule has 4 aromatic carbocycles. The van der Waals surface area contributed by atoms with Crippen molar-refractivity contribution >= 4 is 40.1 Å². The van der Waals surface area contributed by atoms with Crippen LogP contribution >= 0.6 is 11.6 Å². The normalized spacial score (nSPS) is 18.0. The van der Waals surface area contributed by atoms with Crippen LogP contribution in [-0.4, -0.2) is 53.3 Å². The predicted molar refractivity (Wildman–Crippen MR) is 164 cm³/mol. The Morgan fingerprint density at radius 3 is 2.43 bits per heavy atom. The van der Waals surface area contributed by atoms with E-state index in [2.05, 4.69) is 0 Å². The number of nitrogens with zero attached hydrogens (tertiary/aromatic N) is 2. The number of nitrogens with two attached hydrogens (primary N) is 1. The van der Waals surface area contributed by atoms with Crippen molar-refractivity contribution in [1.82, 2.24) is 9.80 Å². The van der Waals surface area contributed by atoms with Crippen molar-refractivity contribution in [3.05, 3.63) is 113 Å². The van der Waals surface area contributed by atoms with Gasteiger partial charge in [-0.15, -0.1) is 0 Å². The smallest absolute Gasteiger partial charge is 0.250 e. The molecule has 0 radical (unpaired) electrons. The van der Waals surface area contributed by atoms with Gasteiger partial charge in [-0.25, -0.2) is 0 Å². The van der Waals surface area contributed by atoms with Crippen LogP contribution in [0, 0.1) is 0 Å². The van der Waals surface area contributed by atoms with Gasteiger partial charge < -0.3 is 20.3 Å². The molecule has 0 unspecified atom stereocenters. The minimum atomic E-state index is -0.988. The number of benzene rings is 4. The molecule has 7 nitrogen and oxygen atoms in total. The Kier molecular flexibility index (Phi) is 8.78. The molecule has 0 saturated carbocycles. The lowest BCUT2D eigenvalue weighted by Crippen LogP contribution is -2.52. The Balaban J connectivity index is 1.55. The number of carbonyl (C=O) groups excluding carboxylic acids is 3. The van der Waals surface area contributed by atoms with Crippen LogP contribution in [0.3, 0.4) is 0 Å². The summed E-state index contributed by atoms with van der Waals surface area (Å²) in [6.07, 6.45) is 0.780. The maximum Gasteiger partial charge on any atom is 0.250 e. The highest BCUT2D eigenvalue weighted by molar-refractivity contribution is 6.30. The molecule has 5 rings (SSSR count). The van der Waals surface area contributed by atoms with Crippen molar-refractivity contribution in [3.63, 3.8) is 0 Å². The molecule has 0 spiro atoms. The Bertz CT molecular complexity index is 1620. The molecule has 4 aromatic rings. The van der Waals surface area contributed by atoms with Gasteiger partial charge in [-0.2, -0.15) is 0 Å². The van der Waals surface area contributed by atoms with E-state index >= 15 is 0 Å². The largest absolute Gasteiger partial charge is 0.496 e. The van der Waals surface area contributed by atoms with Crippen LogP contribution in [0.25, 0.3) is 10.8 Å². The highest BCUT2D eigenvalue weighted by atomic mass is 35.5. The molecule has 216 valence electrons. The number of ether oxygens (including phenoxy) is 1. The van der Waals surface area contributed by atoms with E-state index in [1.165, 1.54) is 0 Å². The van der Waals surface area contributed by atoms with Crippen LogP contribution in [0.15, 0.2) is 91.0 Å². The third-order valence-corrected chi connectivity index (χ3v) is 8.28. The van der Waals surface area contributed by atoms with E-state index in [0.29, 0.717) is 22.8 Å². The number of methoxy groups -OCH3 is 1. The van der Waals surface area contributed by atoms with Crippen molar-refractivity contribution in [2.24, 2.45) is 5.73 Å². The molecular weight excluding hydrogens is 550 g/mol. The Morgan fingerprint density at radius 1 is 0.976 bits per heavy atom. The first-order valence-corrected chi connectivity index (χ1v) is 14.4. The van der Waals surface area contributed by atoms with E-state index in [-0.39, 0.29) is 37.2 Å². The quantitative estimate of drug-likeness (QED) is 0.303. The number of primary amides is 1. The SMILES string of the molecule is COc1ccccc1CC(=O)N1[C@H](C)CCN([C@H](Cc2cccc3ccccc23)C(N)=O)C(=O)[C@@H]1c1cccc(Cl)c1. The summed E-state index contributed by atoms with van der Waals surface area (Å²) in [4.78, 5) is 44.8. The maximum absolute atomic E-state index is 14.5. The first-order valence-electron chi connectivity index (χ1n) is 14.0. The average molecular weight is 584 g/mol. The fourth-order valence-corrected chi connectivity index (χ4v) is 6.13. The molecule has 42 heavy (non-hydrogen) atoms. The van der Waals surface area contributed by atoms with Crippen molar-refractivity contribution in [2.45, 2.75) is 44.3 Å². The fraction of sp³-hybridized carbons (Fsp3) is 0.265. The van der Waals surface area contributed by atoms with Gasteiger partial charge in [0.1, 0.15) is 17.8 Å². The monoisotopic (exact) mass is 583 g/mol. The molecule has 0 aromatic heterocycles. The fourth-order valence-electron chi connectivity index (χ4n) is 5.93. The van der Waals surface area contributed by atoms with Gasteiger partial charge >= 0.3 is 0 Å². The van der Waals surface area contributed by atoms with E-state index < -0.39 is 18.0 Å². The van der Waals surface area contributed by atoms with Gasteiger partial charge in [-0.05, 0) is 53.4 Å². The minimum absolute atomic E-state index is 0.0496. The third kappa shape index (κ3) is 5.97. The third-order valence-electron chi connectivity index (χ3n) is 8.04. The van der Waals surface area contributed by atoms with Crippen LogP contribution < -0.4 is 10.5 Å². The Morgan fingerprint density at radius 2 is 1.67 bits per heavy atom. The summed E-state index contributed by atoms with van der Waals surface area (Å²) in [6, 6.07) is 26.0. The number of fused-ring (bicyclic) bond motifs is 1. The van der Waals surface area contributed by atoms with E-state index in [1.54, 1.807) is 47.2 Å². The average Bonchev–Trinajstić information content (AvgIpc) is 3.11. The van der Waals surface area contributed by atoms with Crippen LogP contribution in [0.5, 0.6) is 5.75 Å². The zero-order chi connectivity index (χ0) is 29.8. The second-order valence-corrected chi connectivity index (χ2v) is 11.1. The van der Waals surface area contributed by atoms with Crippen molar-refractivity contribution < 1.29 is 19.1 Å². The molecule has 3 atom stereocenters. The van der Waals surface area contributed by atoms with Crippen LogP contribution in [0.2, 0.25) is 5.02 Å². The molecule has 1 aliphatic rings. The number of hydrogen-bond acceptors (Lipinski definition) is 4. The molecule has 1 heterocycles. The topological polar surface area (TPSA) is 92.9 Å². The van der Waals surface area contributed by atoms with Gasteiger partial charge in [0.2, 0.25) is 11.8 Å². The van der Waals surface area contributed by atoms with E-state index in [0.717, 1.165) is 21.9 Å². The zero-order valence-corrected chi connectivity index (χ0v) is 24.5. The number of hydrogen-bond donors (Lipinski definition) is 1. The van der Waals surface area contributed by atoms with E-state index in [4.69, 9.17) is 22.1 Å². The van der Waals surface area contributed by atoms with Gasteiger partial charge in [-0.1, -0.05) is 84.4 Å². The summed E-state index contributed by atoms with van der Waals surface area (Å²) < 4.78 is 5.48. The summed E-state index contributed by atoms with van der Waals surface area (Å²) in [5.74, 6) is -0.581. The molecule has 1 aliphatic heterocycles. The lowest BCUT2D eigenvalue weighted by atomic mass is 9.96. The van der Waals surface area contributed by atoms with Gasteiger partial charge in [0.25, 0.3) is 5.91 Å². The molecule has 8 heteroatoms. The van der Waals surface area contributed by atoms with E-state index in [1.807, 2.05) is 67.6 Å². The number of rotatable bonds is 8. The van der Waals surface area contributed by atoms with Crippen molar-refractivity contribution in [3.8, 4) is 5.75 Å². The van der Waals surface area contributed by atoms with Crippen LogP contribution in [-0.2, 0) is 27.2 Å². The van der Waals surface area contributed by atoms with Crippen molar-refractivity contribution in [2.75, 3.05) is 13.7 Å². The first kappa shape index (κ1) is 29.1. The number of carbonyl (C=O) groups is 3.